The predicted molar refractivity (Wildman–Crippen MR) is 83.5 cm³/mol. The van der Waals surface area contributed by atoms with Gasteiger partial charge in [0.25, 0.3) is 0 Å². The van der Waals surface area contributed by atoms with E-state index in [-0.39, 0.29) is 12.7 Å². The second-order valence-corrected chi connectivity index (χ2v) is 6.77. The lowest BCUT2D eigenvalue weighted by Gasteiger charge is -2.37. The molecule has 1 N–H and O–H groups in total. The van der Waals surface area contributed by atoms with Crippen LogP contribution in [0.25, 0.3) is 10.1 Å². The smallest absolute Gasteiger partial charge is 0.0933 e. The highest BCUT2D eigenvalue weighted by Gasteiger charge is 2.26. The standard InChI is InChI=1S/C15H18ClNO2S/c1-10-9-19-11(8-18)6-17(10)7-14-15(16)12-4-2-3-5-13(12)20-14/h2-5,10-11,18H,6-9H2,1H3. The van der Waals surface area contributed by atoms with Crippen molar-refractivity contribution in [3.8, 4) is 0 Å². The van der Waals surface area contributed by atoms with E-state index in [1.54, 1.807) is 11.3 Å². The van der Waals surface area contributed by atoms with E-state index >= 15 is 0 Å². The largest absolute Gasteiger partial charge is 0.394 e. The lowest BCUT2D eigenvalue weighted by molar-refractivity contribution is -0.0802. The van der Waals surface area contributed by atoms with Crippen molar-refractivity contribution in [1.29, 1.82) is 0 Å². The minimum Gasteiger partial charge on any atom is -0.394 e. The van der Waals surface area contributed by atoms with Gasteiger partial charge in [-0.15, -0.1) is 11.3 Å². The minimum atomic E-state index is -0.0839. The number of halogens is 1. The first kappa shape index (κ1) is 14.3. The van der Waals surface area contributed by atoms with E-state index in [0.717, 1.165) is 23.5 Å². The molecule has 3 rings (SSSR count). The molecule has 1 aliphatic rings. The summed E-state index contributed by atoms with van der Waals surface area (Å²) in [7, 11) is 0. The highest BCUT2D eigenvalue weighted by atomic mass is 35.5. The zero-order chi connectivity index (χ0) is 14.1. The molecular formula is C15H18ClNO2S. The third-order valence-corrected chi connectivity index (χ3v) is 5.49. The number of nitrogens with zero attached hydrogens (tertiary/aromatic N) is 1. The molecular weight excluding hydrogens is 294 g/mol. The third-order valence-electron chi connectivity index (χ3n) is 3.79. The van der Waals surface area contributed by atoms with Gasteiger partial charge in [-0.25, -0.2) is 0 Å². The van der Waals surface area contributed by atoms with Gasteiger partial charge in [-0.3, -0.25) is 4.90 Å². The Bertz CT molecular complexity index is 601. The minimum absolute atomic E-state index is 0.0728. The molecule has 0 aliphatic carbocycles. The quantitative estimate of drug-likeness (QED) is 0.945. The summed E-state index contributed by atoms with van der Waals surface area (Å²) in [6, 6.07) is 8.58. The summed E-state index contributed by atoms with van der Waals surface area (Å²) in [6.07, 6.45) is -0.0839. The summed E-state index contributed by atoms with van der Waals surface area (Å²) in [5.41, 5.74) is 0. The van der Waals surface area contributed by atoms with Crippen LogP contribution in [0.2, 0.25) is 5.02 Å². The molecule has 3 nitrogen and oxygen atoms in total. The SMILES string of the molecule is CC1COC(CO)CN1Cc1sc2ccccc2c1Cl. The molecule has 5 heteroatoms. The van der Waals surface area contributed by atoms with Crippen molar-refractivity contribution < 1.29 is 9.84 Å². The average Bonchev–Trinajstić information content (AvgIpc) is 2.78. The third kappa shape index (κ3) is 2.71. The van der Waals surface area contributed by atoms with Crippen molar-refractivity contribution in [3.63, 3.8) is 0 Å². The fourth-order valence-corrected chi connectivity index (χ4v) is 4.08. The highest BCUT2D eigenvalue weighted by molar-refractivity contribution is 7.19. The number of rotatable bonds is 3. The lowest BCUT2D eigenvalue weighted by atomic mass is 10.2. The summed E-state index contributed by atoms with van der Waals surface area (Å²) in [6.45, 7) is 4.45. The number of ether oxygens (including phenoxy) is 1. The summed E-state index contributed by atoms with van der Waals surface area (Å²) < 4.78 is 6.80. The number of fused-ring (bicyclic) bond motifs is 1. The van der Waals surface area contributed by atoms with Gasteiger partial charge in [0.1, 0.15) is 0 Å². The first-order valence-electron chi connectivity index (χ1n) is 6.81. The van der Waals surface area contributed by atoms with Crippen molar-refractivity contribution in [2.45, 2.75) is 25.6 Å². The van der Waals surface area contributed by atoms with Crippen LogP contribution in [0, 0.1) is 0 Å². The highest BCUT2D eigenvalue weighted by Crippen LogP contribution is 2.36. The number of thiophene rings is 1. The van der Waals surface area contributed by atoms with Gasteiger partial charge in [-0.1, -0.05) is 29.8 Å². The Hall–Kier alpha value is -0.650. The number of aliphatic hydroxyl groups excluding tert-OH is 1. The Morgan fingerprint density at radius 3 is 3.00 bits per heavy atom. The Balaban J connectivity index is 1.83. The molecule has 0 amide bonds. The van der Waals surface area contributed by atoms with E-state index in [4.69, 9.17) is 16.3 Å². The van der Waals surface area contributed by atoms with Gasteiger partial charge < -0.3 is 9.84 Å². The van der Waals surface area contributed by atoms with Crippen LogP contribution >= 0.6 is 22.9 Å². The molecule has 2 atom stereocenters. The van der Waals surface area contributed by atoms with Gasteiger partial charge in [-0.05, 0) is 13.0 Å². The Labute approximate surface area is 127 Å². The molecule has 1 aromatic carbocycles. The number of aliphatic hydroxyl groups is 1. The summed E-state index contributed by atoms with van der Waals surface area (Å²) in [4.78, 5) is 3.53. The summed E-state index contributed by atoms with van der Waals surface area (Å²) in [5, 5.41) is 11.3. The Morgan fingerprint density at radius 1 is 1.45 bits per heavy atom. The van der Waals surface area contributed by atoms with Crippen LogP contribution in [0.3, 0.4) is 0 Å². The van der Waals surface area contributed by atoms with Crippen molar-refractivity contribution in [3.05, 3.63) is 34.2 Å². The first-order chi connectivity index (χ1) is 9.69. The first-order valence-corrected chi connectivity index (χ1v) is 8.01. The molecule has 2 unspecified atom stereocenters. The maximum atomic E-state index is 9.25. The van der Waals surface area contributed by atoms with Crippen LogP contribution < -0.4 is 0 Å². The molecule has 20 heavy (non-hydrogen) atoms. The van der Waals surface area contributed by atoms with Gasteiger partial charge in [0.2, 0.25) is 0 Å². The molecule has 0 saturated carbocycles. The molecule has 1 aliphatic heterocycles. The Morgan fingerprint density at radius 2 is 2.25 bits per heavy atom. The van der Waals surface area contributed by atoms with Gasteiger partial charge >= 0.3 is 0 Å². The van der Waals surface area contributed by atoms with Crippen molar-refractivity contribution in [2.75, 3.05) is 19.8 Å². The summed E-state index contributed by atoms with van der Waals surface area (Å²) in [5.74, 6) is 0. The van der Waals surface area contributed by atoms with E-state index in [2.05, 4.69) is 24.0 Å². The molecule has 2 heterocycles. The number of hydrogen-bond acceptors (Lipinski definition) is 4. The summed E-state index contributed by atoms with van der Waals surface area (Å²) >= 11 is 8.25. The fourth-order valence-electron chi connectivity index (χ4n) is 2.56. The van der Waals surface area contributed by atoms with Gasteiger partial charge in [0.15, 0.2) is 0 Å². The molecule has 0 spiro atoms. The predicted octanol–water partition coefficient (Wildman–Crippen LogP) is 3.14. The van der Waals surface area contributed by atoms with Crippen molar-refractivity contribution in [1.82, 2.24) is 4.90 Å². The maximum Gasteiger partial charge on any atom is 0.0933 e. The van der Waals surface area contributed by atoms with Crippen molar-refractivity contribution >= 4 is 33.0 Å². The maximum absolute atomic E-state index is 9.25. The van der Waals surface area contributed by atoms with Crippen LogP contribution in [0.4, 0.5) is 0 Å². The Kier molecular flexibility index (Phi) is 4.29. The zero-order valence-corrected chi connectivity index (χ0v) is 13.0. The van der Waals surface area contributed by atoms with Gasteiger partial charge in [-0.2, -0.15) is 0 Å². The molecule has 1 saturated heterocycles. The van der Waals surface area contributed by atoms with Crippen LogP contribution in [0.5, 0.6) is 0 Å². The molecule has 1 fully saturated rings. The van der Waals surface area contributed by atoms with E-state index in [0.29, 0.717) is 12.6 Å². The number of morpholine rings is 1. The van der Waals surface area contributed by atoms with Gasteiger partial charge in [0.05, 0.1) is 24.3 Å². The monoisotopic (exact) mass is 311 g/mol. The van der Waals surface area contributed by atoms with E-state index in [1.165, 1.54) is 9.58 Å². The lowest BCUT2D eigenvalue weighted by Crippen LogP contribution is -2.48. The second-order valence-electron chi connectivity index (χ2n) is 5.25. The zero-order valence-electron chi connectivity index (χ0n) is 11.4. The van der Waals surface area contributed by atoms with Crippen LogP contribution in [0.15, 0.2) is 24.3 Å². The normalized spacial score (nSPS) is 24.4. The molecule has 2 aromatic rings. The van der Waals surface area contributed by atoms with E-state index < -0.39 is 0 Å². The van der Waals surface area contributed by atoms with Crippen molar-refractivity contribution in [2.24, 2.45) is 0 Å². The number of hydrogen-bond donors (Lipinski definition) is 1. The van der Waals surface area contributed by atoms with Crippen LogP contribution in [-0.4, -0.2) is 41.9 Å². The van der Waals surface area contributed by atoms with Gasteiger partial charge in [0, 0.05) is 34.1 Å². The van der Waals surface area contributed by atoms with E-state index in [9.17, 15) is 5.11 Å². The fraction of sp³-hybridized carbons (Fsp3) is 0.467. The average molecular weight is 312 g/mol. The second kappa shape index (κ2) is 6.00. The molecule has 108 valence electrons. The molecule has 1 aromatic heterocycles. The molecule has 0 radical (unpaired) electrons. The number of benzene rings is 1. The molecule has 0 bridgehead atoms. The topological polar surface area (TPSA) is 32.7 Å². The van der Waals surface area contributed by atoms with E-state index in [1.807, 2.05) is 12.1 Å². The van der Waals surface area contributed by atoms with Crippen LogP contribution in [0.1, 0.15) is 11.8 Å². The van der Waals surface area contributed by atoms with Crippen LogP contribution in [-0.2, 0) is 11.3 Å².